The molecule has 3 aromatic rings. The number of nitrogens with two attached hydrogens (primary N) is 1. The number of halogens is 1. The van der Waals surface area contributed by atoms with Crippen LogP contribution in [0, 0.1) is 0 Å². The maximum atomic E-state index is 12.6. The largest absolute Gasteiger partial charge is 0.452 e. The molecular formula is C21H18ClN3O4. The molecule has 7 nitrogen and oxygen atoms in total. The van der Waals surface area contributed by atoms with Crippen LogP contribution in [0.25, 0.3) is 10.9 Å². The molecule has 0 bridgehead atoms. The van der Waals surface area contributed by atoms with E-state index in [0.717, 1.165) is 5.39 Å². The van der Waals surface area contributed by atoms with E-state index in [2.05, 4.69) is 4.98 Å². The van der Waals surface area contributed by atoms with Crippen LogP contribution in [-0.2, 0) is 14.3 Å². The SMILES string of the molecule is NC(=O)CCN(C(=O)COC(=O)c1ccc2nc(Cl)ccc2c1)c1ccccc1. The standard InChI is InChI=1S/C21H18ClN3O4/c22-18-9-7-14-12-15(6-8-17(14)24-18)21(28)29-13-20(27)25(11-10-19(23)26)16-4-2-1-3-5-16/h1-9,12H,10-11,13H2,(H2,23,26). The number of pyridine rings is 1. The average Bonchev–Trinajstić information content (AvgIpc) is 2.72. The quantitative estimate of drug-likeness (QED) is 0.475. The highest BCUT2D eigenvalue weighted by atomic mass is 35.5. The Morgan fingerprint density at radius 1 is 1.03 bits per heavy atom. The molecule has 148 valence electrons. The van der Waals surface area contributed by atoms with Crippen molar-refractivity contribution in [2.45, 2.75) is 6.42 Å². The number of hydrogen-bond donors (Lipinski definition) is 1. The summed E-state index contributed by atoms with van der Waals surface area (Å²) in [5.41, 5.74) is 6.72. The molecule has 29 heavy (non-hydrogen) atoms. The monoisotopic (exact) mass is 411 g/mol. The molecule has 1 aromatic heterocycles. The molecule has 3 rings (SSSR count). The molecular weight excluding hydrogens is 394 g/mol. The summed E-state index contributed by atoms with van der Waals surface area (Å²) in [4.78, 5) is 41.6. The molecule has 0 aliphatic carbocycles. The van der Waals surface area contributed by atoms with Gasteiger partial charge < -0.3 is 15.4 Å². The molecule has 0 radical (unpaired) electrons. The maximum absolute atomic E-state index is 12.6. The predicted octanol–water partition coefficient (Wildman–Crippen LogP) is 2.95. The van der Waals surface area contributed by atoms with Crippen LogP contribution in [0.3, 0.4) is 0 Å². The van der Waals surface area contributed by atoms with E-state index in [1.807, 2.05) is 6.07 Å². The third-order valence-electron chi connectivity index (χ3n) is 4.17. The van der Waals surface area contributed by atoms with Crippen LogP contribution in [0.4, 0.5) is 5.69 Å². The first-order valence-electron chi connectivity index (χ1n) is 8.81. The first-order chi connectivity index (χ1) is 13.9. The molecule has 1 heterocycles. The fraction of sp³-hybridized carbons (Fsp3) is 0.143. The summed E-state index contributed by atoms with van der Waals surface area (Å²) in [5, 5.41) is 1.08. The van der Waals surface area contributed by atoms with E-state index < -0.39 is 24.4 Å². The molecule has 0 saturated carbocycles. The number of amides is 2. The Balaban J connectivity index is 1.69. The number of nitrogens with zero attached hydrogens (tertiary/aromatic N) is 2. The molecule has 2 aromatic carbocycles. The zero-order valence-electron chi connectivity index (χ0n) is 15.4. The Hall–Kier alpha value is -3.45. The Morgan fingerprint density at radius 2 is 1.79 bits per heavy atom. The molecule has 0 unspecified atom stereocenters. The number of primary amides is 1. The average molecular weight is 412 g/mol. The lowest BCUT2D eigenvalue weighted by Crippen LogP contribution is -2.37. The van der Waals surface area contributed by atoms with Gasteiger partial charge in [0.2, 0.25) is 5.91 Å². The fourth-order valence-corrected chi connectivity index (χ4v) is 2.90. The number of aromatic nitrogens is 1. The molecule has 0 spiro atoms. The second-order valence-electron chi connectivity index (χ2n) is 6.21. The number of benzene rings is 2. The van der Waals surface area contributed by atoms with Crippen molar-refractivity contribution in [1.82, 2.24) is 4.98 Å². The summed E-state index contributed by atoms with van der Waals surface area (Å²) in [7, 11) is 0. The molecule has 0 aliphatic rings. The first-order valence-corrected chi connectivity index (χ1v) is 9.19. The van der Waals surface area contributed by atoms with E-state index in [-0.39, 0.29) is 18.5 Å². The highest BCUT2D eigenvalue weighted by molar-refractivity contribution is 6.29. The van der Waals surface area contributed by atoms with Crippen LogP contribution in [0.1, 0.15) is 16.8 Å². The normalized spacial score (nSPS) is 10.5. The zero-order valence-corrected chi connectivity index (χ0v) is 16.1. The molecule has 0 saturated heterocycles. The summed E-state index contributed by atoms with van der Waals surface area (Å²) in [6, 6.07) is 17.0. The van der Waals surface area contributed by atoms with Crippen LogP contribution in [0.15, 0.2) is 60.7 Å². The van der Waals surface area contributed by atoms with Crippen LogP contribution < -0.4 is 10.6 Å². The molecule has 2 amide bonds. The van der Waals surface area contributed by atoms with Gasteiger partial charge in [-0.25, -0.2) is 9.78 Å². The number of para-hydroxylation sites is 1. The summed E-state index contributed by atoms with van der Waals surface area (Å²) in [6.45, 7) is -0.373. The molecule has 0 aliphatic heterocycles. The van der Waals surface area contributed by atoms with Crippen molar-refractivity contribution < 1.29 is 19.1 Å². The van der Waals surface area contributed by atoms with Crippen molar-refractivity contribution in [3.05, 3.63) is 71.4 Å². The van der Waals surface area contributed by atoms with Crippen molar-refractivity contribution in [3.63, 3.8) is 0 Å². The van der Waals surface area contributed by atoms with Crippen molar-refractivity contribution in [1.29, 1.82) is 0 Å². The second-order valence-corrected chi connectivity index (χ2v) is 6.60. The lowest BCUT2D eigenvalue weighted by atomic mass is 10.1. The van der Waals surface area contributed by atoms with Gasteiger partial charge in [0.25, 0.3) is 5.91 Å². The predicted molar refractivity (Wildman–Crippen MR) is 110 cm³/mol. The number of rotatable bonds is 7. The van der Waals surface area contributed by atoms with Crippen LogP contribution in [-0.4, -0.2) is 35.9 Å². The lowest BCUT2D eigenvalue weighted by Gasteiger charge is -2.22. The van der Waals surface area contributed by atoms with Crippen molar-refractivity contribution in [2.24, 2.45) is 5.73 Å². The lowest BCUT2D eigenvalue weighted by molar-refractivity contribution is -0.121. The number of carbonyl (C=O) groups is 3. The third-order valence-corrected chi connectivity index (χ3v) is 4.38. The molecule has 0 fully saturated rings. The number of anilines is 1. The van der Waals surface area contributed by atoms with Gasteiger partial charge in [-0.2, -0.15) is 0 Å². The zero-order chi connectivity index (χ0) is 20.8. The second kappa shape index (κ2) is 9.16. The summed E-state index contributed by atoms with van der Waals surface area (Å²) >= 11 is 5.86. The summed E-state index contributed by atoms with van der Waals surface area (Å²) in [6.07, 6.45) is -0.00514. The van der Waals surface area contributed by atoms with Crippen LogP contribution in [0.2, 0.25) is 5.15 Å². The molecule has 0 atom stereocenters. The van der Waals surface area contributed by atoms with E-state index >= 15 is 0 Å². The van der Waals surface area contributed by atoms with Crippen molar-refractivity contribution in [3.8, 4) is 0 Å². The topological polar surface area (TPSA) is 103 Å². The minimum Gasteiger partial charge on any atom is -0.452 e. The molecule has 8 heteroatoms. The Morgan fingerprint density at radius 3 is 2.52 bits per heavy atom. The number of carbonyl (C=O) groups excluding carboxylic acids is 3. The fourth-order valence-electron chi connectivity index (χ4n) is 2.74. The summed E-state index contributed by atoms with van der Waals surface area (Å²) in [5.74, 6) is -1.63. The van der Waals surface area contributed by atoms with Gasteiger partial charge in [0.05, 0.1) is 11.1 Å². The van der Waals surface area contributed by atoms with Gasteiger partial charge in [-0.1, -0.05) is 29.8 Å². The first kappa shape index (κ1) is 20.3. The van der Waals surface area contributed by atoms with Gasteiger partial charge in [-0.3, -0.25) is 9.59 Å². The van der Waals surface area contributed by atoms with Crippen LogP contribution in [0.5, 0.6) is 0 Å². The van der Waals surface area contributed by atoms with E-state index in [0.29, 0.717) is 16.4 Å². The van der Waals surface area contributed by atoms with Crippen molar-refractivity contribution in [2.75, 3.05) is 18.1 Å². The van der Waals surface area contributed by atoms with Gasteiger partial charge in [-0.15, -0.1) is 0 Å². The molecule has 2 N–H and O–H groups in total. The number of hydrogen-bond acceptors (Lipinski definition) is 5. The Kier molecular flexibility index (Phi) is 6.41. The summed E-state index contributed by atoms with van der Waals surface area (Å²) < 4.78 is 5.18. The minimum absolute atomic E-state index is 0.00514. The van der Waals surface area contributed by atoms with Gasteiger partial charge in [0.1, 0.15) is 5.15 Å². The minimum atomic E-state index is -0.641. The number of esters is 1. The number of ether oxygens (including phenoxy) is 1. The van der Waals surface area contributed by atoms with Crippen LogP contribution >= 0.6 is 11.6 Å². The third kappa shape index (κ3) is 5.30. The van der Waals surface area contributed by atoms with Gasteiger partial charge >= 0.3 is 5.97 Å². The Labute approximate surface area is 172 Å². The highest BCUT2D eigenvalue weighted by Crippen LogP contribution is 2.18. The van der Waals surface area contributed by atoms with Gasteiger partial charge in [0, 0.05) is 24.0 Å². The van der Waals surface area contributed by atoms with E-state index in [9.17, 15) is 14.4 Å². The maximum Gasteiger partial charge on any atom is 0.338 e. The van der Waals surface area contributed by atoms with E-state index in [1.165, 1.54) is 4.90 Å². The van der Waals surface area contributed by atoms with Gasteiger partial charge in [-0.05, 0) is 42.5 Å². The highest BCUT2D eigenvalue weighted by Gasteiger charge is 2.19. The number of fused-ring (bicyclic) bond motifs is 1. The Bertz CT molecular complexity index is 1060. The smallest absolute Gasteiger partial charge is 0.338 e. The van der Waals surface area contributed by atoms with E-state index in [4.69, 9.17) is 22.1 Å². The van der Waals surface area contributed by atoms with E-state index in [1.54, 1.807) is 54.6 Å². The van der Waals surface area contributed by atoms with Gasteiger partial charge in [0.15, 0.2) is 6.61 Å². The van der Waals surface area contributed by atoms with Crippen molar-refractivity contribution >= 4 is 46.0 Å².